The number of nitrogens with zero attached hydrogens (tertiary/aromatic N) is 1. The number of carbonyl (C=O) groups excluding carboxylic acids is 2. The van der Waals surface area contributed by atoms with Gasteiger partial charge in [-0.15, -0.1) is 0 Å². The Balaban J connectivity index is 1.71. The molecule has 2 amide bonds. The van der Waals surface area contributed by atoms with Crippen molar-refractivity contribution in [3.8, 4) is 0 Å². The largest absolute Gasteiger partial charge is 0.353 e. The maximum absolute atomic E-state index is 11.8. The molecule has 5 nitrogen and oxygen atoms in total. The highest BCUT2D eigenvalue weighted by Gasteiger charge is 2.16. The lowest BCUT2D eigenvalue weighted by Crippen LogP contribution is -2.36. The number of nitrogens with one attached hydrogen (secondary N) is 2. The molecule has 0 unspecified atom stereocenters. The summed E-state index contributed by atoms with van der Waals surface area (Å²) < 4.78 is 0. The quantitative estimate of drug-likeness (QED) is 0.593. The Kier molecular flexibility index (Phi) is 7.53. The zero-order valence-corrected chi connectivity index (χ0v) is 14.9. The molecule has 0 spiro atoms. The van der Waals surface area contributed by atoms with E-state index in [1.807, 2.05) is 0 Å². The van der Waals surface area contributed by atoms with E-state index in [4.69, 9.17) is 23.2 Å². The number of halogens is 2. The number of hydrazone groups is 1. The van der Waals surface area contributed by atoms with Gasteiger partial charge < -0.3 is 5.32 Å². The Morgan fingerprint density at radius 3 is 2.38 bits per heavy atom. The van der Waals surface area contributed by atoms with Gasteiger partial charge in [0, 0.05) is 24.4 Å². The molecule has 24 heavy (non-hydrogen) atoms. The summed E-state index contributed by atoms with van der Waals surface area (Å²) >= 11 is 12.0. The summed E-state index contributed by atoms with van der Waals surface area (Å²) in [5.41, 5.74) is 2.92. The van der Waals surface area contributed by atoms with E-state index in [1.165, 1.54) is 12.6 Å². The molecule has 0 radical (unpaired) electrons. The molecular weight excluding hydrogens is 349 g/mol. The minimum atomic E-state index is -0.326. The second kappa shape index (κ2) is 9.64. The maximum atomic E-state index is 11.8. The van der Waals surface area contributed by atoms with E-state index in [9.17, 15) is 9.59 Å². The molecule has 1 fully saturated rings. The zero-order valence-electron chi connectivity index (χ0n) is 13.4. The van der Waals surface area contributed by atoms with E-state index in [-0.39, 0.29) is 30.7 Å². The number of carbonyl (C=O) groups is 2. The molecule has 0 saturated heterocycles. The van der Waals surface area contributed by atoms with Crippen molar-refractivity contribution in [2.45, 2.75) is 51.0 Å². The Labute approximate surface area is 151 Å². The lowest BCUT2D eigenvalue weighted by atomic mass is 9.95. The molecule has 1 aromatic carbocycles. The molecule has 0 atom stereocenters. The van der Waals surface area contributed by atoms with Gasteiger partial charge >= 0.3 is 0 Å². The van der Waals surface area contributed by atoms with Crippen LogP contribution in [-0.2, 0) is 9.59 Å². The number of benzene rings is 1. The average Bonchev–Trinajstić information content (AvgIpc) is 2.56. The lowest BCUT2D eigenvalue weighted by Gasteiger charge is -2.22. The Bertz CT molecular complexity index is 594. The second-order valence-corrected chi connectivity index (χ2v) is 6.65. The van der Waals surface area contributed by atoms with Crippen LogP contribution in [0.15, 0.2) is 23.3 Å². The van der Waals surface area contributed by atoms with Crippen LogP contribution in [0, 0.1) is 0 Å². The van der Waals surface area contributed by atoms with Gasteiger partial charge in [-0.3, -0.25) is 9.59 Å². The van der Waals surface area contributed by atoms with Crippen LogP contribution in [0.25, 0.3) is 0 Å². The summed E-state index contributed by atoms with van der Waals surface area (Å²) in [7, 11) is 0. The molecule has 0 bridgehead atoms. The van der Waals surface area contributed by atoms with Crippen LogP contribution in [0.4, 0.5) is 0 Å². The van der Waals surface area contributed by atoms with Crippen molar-refractivity contribution in [1.29, 1.82) is 0 Å². The van der Waals surface area contributed by atoms with E-state index in [2.05, 4.69) is 15.8 Å². The third kappa shape index (κ3) is 6.13. The monoisotopic (exact) mass is 369 g/mol. The average molecular weight is 370 g/mol. The van der Waals surface area contributed by atoms with Crippen molar-refractivity contribution in [1.82, 2.24) is 10.7 Å². The van der Waals surface area contributed by atoms with Gasteiger partial charge in [0.25, 0.3) is 0 Å². The van der Waals surface area contributed by atoms with Crippen LogP contribution in [0.2, 0.25) is 10.0 Å². The Morgan fingerprint density at radius 1 is 1.08 bits per heavy atom. The first kappa shape index (κ1) is 18.7. The maximum Gasteiger partial charge on any atom is 0.240 e. The SMILES string of the molecule is O=C(CCC(=O)NC1CCCCC1)N/N=C\c1c(Cl)cccc1Cl. The second-order valence-electron chi connectivity index (χ2n) is 5.83. The molecular formula is C17H21Cl2N3O2. The predicted octanol–water partition coefficient (Wildman–Crippen LogP) is 3.67. The van der Waals surface area contributed by atoms with Gasteiger partial charge in [-0.05, 0) is 25.0 Å². The van der Waals surface area contributed by atoms with Crippen molar-refractivity contribution >= 4 is 41.2 Å². The van der Waals surface area contributed by atoms with Crippen molar-refractivity contribution in [3.05, 3.63) is 33.8 Å². The smallest absolute Gasteiger partial charge is 0.240 e. The molecule has 0 heterocycles. The van der Waals surface area contributed by atoms with Gasteiger partial charge in [-0.25, -0.2) is 5.43 Å². The van der Waals surface area contributed by atoms with Crippen LogP contribution in [0.1, 0.15) is 50.5 Å². The van der Waals surface area contributed by atoms with E-state index in [1.54, 1.807) is 18.2 Å². The van der Waals surface area contributed by atoms with Gasteiger partial charge in [0.1, 0.15) is 0 Å². The first-order valence-corrected chi connectivity index (χ1v) is 8.87. The highest BCUT2D eigenvalue weighted by Crippen LogP contribution is 2.22. The topological polar surface area (TPSA) is 70.6 Å². The molecule has 1 aromatic rings. The van der Waals surface area contributed by atoms with E-state index >= 15 is 0 Å². The zero-order chi connectivity index (χ0) is 17.4. The highest BCUT2D eigenvalue weighted by molar-refractivity contribution is 6.38. The van der Waals surface area contributed by atoms with Crippen molar-refractivity contribution in [3.63, 3.8) is 0 Å². The van der Waals surface area contributed by atoms with Crippen molar-refractivity contribution < 1.29 is 9.59 Å². The minimum Gasteiger partial charge on any atom is -0.353 e. The molecule has 1 aliphatic carbocycles. The lowest BCUT2D eigenvalue weighted by molar-refractivity contribution is -0.126. The minimum absolute atomic E-state index is 0.0878. The fourth-order valence-electron chi connectivity index (χ4n) is 2.63. The van der Waals surface area contributed by atoms with E-state index in [0.717, 1.165) is 25.7 Å². The highest BCUT2D eigenvalue weighted by atomic mass is 35.5. The van der Waals surface area contributed by atoms with Crippen LogP contribution in [0.3, 0.4) is 0 Å². The van der Waals surface area contributed by atoms with Gasteiger partial charge in [0.15, 0.2) is 0 Å². The molecule has 0 aromatic heterocycles. The van der Waals surface area contributed by atoms with Gasteiger partial charge in [-0.2, -0.15) is 5.10 Å². The summed E-state index contributed by atoms with van der Waals surface area (Å²) in [6.07, 6.45) is 7.25. The summed E-state index contributed by atoms with van der Waals surface area (Å²) in [6, 6.07) is 5.36. The number of hydrogen-bond donors (Lipinski definition) is 2. The third-order valence-electron chi connectivity index (χ3n) is 3.93. The number of amides is 2. The molecule has 7 heteroatoms. The number of rotatable bonds is 6. The fourth-order valence-corrected chi connectivity index (χ4v) is 3.13. The standard InChI is InChI=1S/C17H21Cl2N3O2/c18-14-7-4-8-15(19)13(14)11-20-22-17(24)10-9-16(23)21-12-5-2-1-3-6-12/h4,7-8,11-12H,1-3,5-6,9-10H2,(H,21,23)(H,22,24)/b20-11-. The molecule has 2 N–H and O–H groups in total. The van der Waals surface area contributed by atoms with E-state index < -0.39 is 0 Å². The Hall–Kier alpha value is -1.59. The van der Waals surface area contributed by atoms with Gasteiger partial charge in [0.05, 0.1) is 16.3 Å². The van der Waals surface area contributed by atoms with Crippen LogP contribution >= 0.6 is 23.2 Å². The molecule has 2 rings (SSSR count). The predicted molar refractivity (Wildman–Crippen MR) is 96.4 cm³/mol. The normalized spacial score (nSPS) is 15.4. The summed E-state index contributed by atoms with van der Waals surface area (Å²) in [5.74, 6) is -0.414. The van der Waals surface area contributed by atoms with E-state index in [0.29, 0.717) is 15.6 Å². The first-order chi connectivity index (χ1) is 11.6. The summed E-state index contributed by atoms with van der Waals surface area (Å²) in [4.78, 5) is 23.6. The number of hydrogen-bond acceptors (Lipinski definition) is 3. The summed E-state index contributed by atoms with van der Waals surface area (Å²) in [6.45, 7) is 0. The first-order valence-electron chi connectivity index (χ1n) is 8.11. The van der Waals surface area contributed by atoms with Crippen molar-refractivity contribution in [2.24, 2.45) is 5.10 Å². The fraction of sp³-hybridized carbons (Fsp3) is 0.471. The molecule has 130 valence electrons. The Morgan fingerprint density at radius 2 is 1.71 bits per heavy atom. The molecule has 1 saturated carbocycles. The van der Waals surface area contributed by atoms with Crippen LogP contribution < -0.4 is 10.7 Å². The van der Waals surface area contributed by atoms with Gasteiger partial charge in [0.2, 0.25) is 11.8 Å². The van der Waals surface area contributed by atoms with Gasteiger partial charge in [-0.1, -0.05) is 48.5 Å². The summed E-state index contributed by atoms with van der Waals surface area (Å²) in [5, 5.41) is 7.71. The third-order valence-corrected chi connectivity index (χ3v) is 4.59. The molecule has 0 aliphatic heterocycles. The molecule has 1 aliphatic rings. The van der Waals surface area contributed by atoms with Crippen LogP contribution in [0.5, 0.6) is 0 Å². The van der Waals surface area contributed by atoms with Crippen molar-refractivity contribution in [2.75, 3.05) is 0 Å². The van der Waals surface area contributed by atoms with Crippen LogP contribution in [-0.4, -0.2) is 24.1 Å².